The van der Waals surface area contributed by atoms with Crippen LogP contribution in [0.2, 0.25) is 0 Å². The second-order valence-electron chi connectivity index (χ2n) is 5.57. The number of morpholine rings is 1. The van der Waals surface area contributed by atoms with Crippen molar-refractivity contribution in [3.8, 4) is 5.75 Å². The monoisotopic (exact) mass is 335 g/mol. The van der Waals surface area contributed by atoms with E-state index in [1.807, 2.05) is 24.3 Å². The molecule has 0 aliphatic carbocycles. The molecule has 0 spiro atoms. The molecule has 7 heteroatoms. The van der Waals surface area contributed by atoms with E-state index < -0.39 is 0 Å². The Hall–Kier alpha value is -2.12. The lowest BCUT2D eigenvalue weighted by Gasteiger charge is -2.26. The van der Waals surface area contributed by atoms with Crippen molar-refractivity contribution >= 4 is 11.8 Å². The molecule has 1 saturated heterocycles. The summed E-state index contributed by atoms with van der Waals surface area (Å²) in [5, 5.41) is 5.51. The van der Waals surface area contributed by atoms with Crippen molar-refractivity contribution in [2.45, 2.75) is 13.0 Å². The molecule has 1 aromatic carbocycles. The van der Waals surface area contributed by atoms with Gasteiger partial charge in [-0.05, 0) is 6.07 Å². The molecule has 0 atom stereocenters. The van der Waals surface area contributed by atoms with Crippen LogP contribution in [0.5, 0.6) is 5.75 Å². The van der Waals surface area contributed by atoms with Gasteiger partial charge >= 0.3 is 0 Å². The number of methoxy groups -OCH3 is 1. The minimum Gasteiger partial charge on any atom is -0.496 e. The number of nitrogens with zero attached hydrogens (tertiary/aromatic N) is 1. The molecule has 0 aromatic heterocycles. The number of hydrogen-bond acceptors (Lipinski definition) is 5. The van der Waals surface area contributed by atoms with Crippen molar-refractivity contribution in [3.05, 3.63) is 29.8 Å². The molecule has 2 amide bonds. The van der Waals surface area contributed by atoms with Crippen LogP contribution >= 0.6 is 0 Å². The molecular formula is C17H25N3O4. The third-order valence-corrected chi connectivity index (χ3v) is 3.84. The molecule has 0 unspecified atom stereocenters. The fraction of sp³-hybridized carbons (Fsp3) is 0.529. The van der Waals surface area contributed by atoms with E-state index in [0.29, 0.717) is 18.8 Å². The maximum Gasteiger partial charge on any atom is 0.229 e. The van der Waals surface area contributed by atoms with Crippen LogP contribution < -0.4 is 15.4 Å². The zero-order chi connectivity index (χ0) is 17.2. The summed E-state index contributed by atoms with van der Waals surface area (Å²) in [4.78, 5) is 25.9. The molecule has 1 aliphatic heterocycles. The van der Waals surface area contributed by atoms with Gasteiger partial charge in [0.1, 0.15) is 12.2 Å². The van der Waals surface area contributed by atoms with Crippen molar-refractivity contribution in [2.24, 2.45) is 0 Å². The second kappa shape index (κ2) is 9.89. The Bertz CT molecular complexity index is 544. The van der Waals surface area contributed by atoms with E-state index in [-0.39, 0.29) is 18.2 Å². The summed E-state index contributed by atoms with van der Waals surface area (Å²) in [7, 11) is 1.59. The van der Waals surface area contributed by atoms with Gasteiger partial charge < -0.3 is 20.1 Å². The van der Waals surface area contributed by atoms with Crippen LogP contribution in [0.3, 0.4) is 0 Å². The predicted octanol–water partition coefficient (Wildman–Crippen LogP) is 0.150. The number of benzene rings is 1. The van der Waals surface area contributed by atoms with Crippen molar-refractivity contribution in [3.63, 3.8) is 0 Å². The molecule has 0 bridgehead atoms. The van der Waals surface area contributed by atoms with Crippen molar-refractivity contribution in [2.75, 3.05) is 46.5 Å². The largest absolute Gasteiger partial charge is 0.496 e. The minimum atomic E-state index is -0.301. The van der Waals surface area contributed by atoms with Crippen molar-refractivity contribution in [1.82, 2.24) is 15.5 Å². The Morgan fingerprint density at radius 2 is 1.88 bits per heavy atom. The van der Waals surface area contributed by atoms with Crippen molar-refractivity contribution < 1.29 is 19.1 Å². The van der Waals surface area contributed by atoms with Gasteiger partial charge in [0.25, 0.3) is 0 Å². The first-order chi connectivity index (χ1) is 11.7. The van der Waals surface area contributed by atoms with Gasteiger partial charge in [-0.1, -0.05) is 18.2 Å². The number of amides is 2. The average molecular weight is 335 g/mol. The van der Waals surface area contributed by atoms with Gasteiger partial charge in [-0.3, -0.25) is 14.5 Å². The van der Waals surface area contributed by atoms with Gasteiger partial charge in [0.15, 0.2) is 0 Å². The van der Waals surface area contributed by atoms with E-state index in [9.17, 15) is 9.59 Å². The summed E-state index contributed by atoms with van der Waals surface area (Å²) in [6, 6.07) is 7.45. The zero-order valence-corrected chi connectivity index (χ0v) is 14.0. The Morgan fingerprint density at radius 3 is 2.62 bits per heavy atom. The lowest BCUT2D eigenvalue weighted by atomic mass is 10.2. The topological polar surface area (TPSA) is 79.9 Å². The first kappa shape index (κ1) is 18.2. The number of ether oxygens (including phenoxy) is 2. The summed E-state index contributed by atoms with van der Waals surface area (Å²) in [6.07, 6.45) is -0.168. The van der Waals surface area contributed by atoms with Crippen LogP contribution in [0, 0.1) is 0 Å². The number of carbonyl (C=O) groups excluding carboxylic acids is 2. The van der Waals surface area contributed by atoms with E-state index in [1.165, 1.54) is 0 Å². The Labute approximate surface area is 142 Å². The smallest absolute Gasteiger partial charge is 0.229 e. The standard InChI is InChI=1S/C17H25N3O4/c1-23-15-5-3-2-4-14(15)13-19-17(22)12-16(21)18-6-7-20-8-10-24-11-9-20/h2-5H,6-13H2,1H3,(H,18,21)(H,19,22). The number of para-hydroxylation sites is 1. The Kier molecular flexibility index (Phi) is 7.51. The fourth-order valence-electron chi connectivity index (χ4n) is 2.49. The molecule has 1 aliphatic rings. The van der Waals surface area contributed by atoms with Gasteiger partial charge in [-0.2, -0.15) is 0 Å². The van der Waals surface area contributed by atoms with Gasteiger partial charge in [0, 0.05) is 38.3 Å². The maximum atomic E-state index is 11.9. The van der Waals surface area contributed by atoms with Crippen LogP contribution in [0.4, 0.5) is 0 Å². The SMILES string of the molecule is COc1ccccc1CNC(=O)CC(=O)NCCN1CCOCC1. The molecule has 132 valence electrons. The molecule has 2 rings (SSSR count). The van der Waals surface area contributed by atoms with Crippen LogP contribution in [0.25, 0.3) is 0 Å². The molecule has 1 aromatic rings. The number of hydrogen-bond donors (Lipinski definition) is 2. The van der Waals surface area contributed by atoms with E-state index in [4.69, 9.17) is 9.47 Å². The summed E-state index contributed by atoms with van der Waals surface area (Å²) in [6.45, 7) is 4.89. The fourth-order valence-corrected chi connectivity index (χ4v) is 2.49. The maximum absolute atomic E-state index is 11.9. The van der Waals surface area contributed by atoms with E-state index in [1.54, 1.807) is 7.11 Å². The first-order valence-electron chi connectivity index (χ1n) is 8.14. The highest BCUT2D eigenvalue weighted by Crippen LogP contribution is 2.16. The van der Waals surface area contributed by atoms with Gasteiger partial charge in [0.2, 0.25) is 11.8 Å². The van der Waals surface area contributed by atoms with Crippen LogP contribution in [0.15, 0.2) is 24.3 Å². The molecular weight excluding hydrogens is 310 g/mol. The zero-order valence-electron chi connectivity index (χ0n) is 14.0. The lowest BCUT2D eigenvalue weighted by molar-refractivity contribution is -0.129. The normalized spacial score (nSPS) is 14.9. The molecule has 1 heterocycles. The van der Waals surface area contributed by atoms with Crippen LogP contribution in [-0.4, -0.2) is 63.2 Å². The van der Waals surface area contributed by atoms with Gasteiger partial charge in [0.05, 0.1) is 20.3 Å². The predicted molar refractivity (Wildman–Crippen MR) is 89.7 cm³/mol. The highest BCUT2D eigenvalue weighted by atomic mass is 16.5. The lowest BCUT2D eigenvalue weighted by Crippen LogP contribution is -2.42. The average Bonchev–Trinajstić information content (AvgIpc) is 2.61. The quantitative estimate of drug-likeness (QED) is 0.661. The number of rotatable bonds is 8. The first-order valence-corrected chi connectivity index (χ1v) is 8.14. The second-order valence-corrected chi connectivity index (χ2v) is 5.57. The Balaban J connectivity index is 1.63. The molecule has 1 fully saturated rings. The van der Waals surface area contributed by atoms with Gasteiger partial charge in [-0.25, -0.2) is 0 Å². The minimum absolute atomic E-state index is 0.168. The molecule has 2 N–H and O–H groups in total. The van der Waals surface area contributed by atoms with Gasteiger partial charge in [-0.15, -0.1) is 0 Å². The van der Waals surface area contributed by atoms with E-state index in [2.05, 4.69) is 15.5 Å². The Morgan fingerprint density at radius 1 is 1.17 bits per heavy atom. The summed E-state index contributed by atoms with van der Waals surface area (Å²) in [5.41, 5.74) is 0.876. The summed E-state index contributed by atoms with van der Waals surface area (Å²) >= 11 is 0. The summed E-state index contributed by atoms with van der Waals surface area (Å²) in [5.74, 6) is 0.151. The highest BCUT2D eigenvalue weighted by Gasteiger charge is 2.12. The third kappa shape index (κ3) is 6.17. The molecule has 0 saturated carbocycles. The number of nitrogens with one attached hydrogen (secondary N) is 2. The van der Waals surface area contributed by atoms with E-state index in [0.717, 1.165) is 38.4 Å². The highest BCUT2D eigenvalue weighted by molar-refractivity contribution is 5.96. The van der Waals surface area contributed by atoms with Crippen LogP contribution in [-0.2, 0) is 20.9 Å². The van der Waals surface area contributed by atoms with Crippen LogP contribution in [0.1, 0.15) is 12.0 Å². The molecule has 0 radical (unpaired) electrons. The van der Waals surface area contributed by atoms with Crippen molar-refractivity contribution in [1.29, 1.82) is 0 Å². The molecule has 24 heavy (non-hydrogen) atoms. The van der Waals surface area contributed by atoms with E-state index >= 15 is 0 Å². The number of carbonyl (C=O) groups is 2. The molecule has 7 nitrogen and oxygen atoms in total. The summed E-state index contributed by atoms with van der Waals surface area (Å²) < 4.78 is 10.5. The third-order valence-electron chi connectivity index (χ3n) is 3.84.